The van der Waals surface area contributed by atoms with Gasteiger partial charge in [0.15, 0.2) is 6.10 Å². The van der Waals surface area contributed by atoms with Crippen LogP contribution in [0.1, 0.15) is 18.7 Å². The summed E-state index contributed by atoms with van der Waals surface area (Å²) >= 11 is 5.90. The SMILES string of the molecule is CNC(=O)N1CCC2(CC1)OC(C(=O)Nc1ccc(Cl)cc1)Cn1ccnc12. The number of halogens is 1. The van der Waals surface area contributed by atoms with Gasteiger partial charge in [-0.25, -0.2) is 9.78 Å². The molecular formula is C19H22ClN5O3. The Morgan fingerprint density at radius 3 is 2.64 bits per heavy atom. The molecule has 2 aliphatic heterocycles. The third-order valence-electron chi connectivity index (χ3n) is 5.33. The first-order valence-corrected chi connectivity index (χ1v) is 9.61. The lowest BCUT2D eigenvalue weighted by molar-refractivity contribution is -0.167. The molecule has 9 heteroatoms. The number of nitrogens with zero attached hydrogens (tertiary/aromatic N) is 3. The second-order valence-electron chi connectivity index (χ2n) is 7.04. The molecule has 1 aromatic heterocycles. The largest absolute Gasteiger partial charge is 0.352 e. The lowest BCUT2D eigenvalue weighted by atomic mass is 9.88. The number of urea groups is 1. The molecule has 1 aromatic carbocycles. The van der Waals surface area contributed by atoms with Gasteiger partial charge in [-0.2, -0.15) is 0 Å². The van der Waals surface area contributed by atoms with Crippen molar-refractivity contribution >= 4 is 29.2 Å². The summed E-state index contributed by atoms with van der Waals surface area (Å²) in [5.41, 5.74) is -0.00761. The number of nitrogens with one attached hydrogen (secondary N) is 2. The number of hydrogen-bond acceptors (Lipinski definition) is 4. The Morgan fingerprint density at radius 1 is 1.25 bits per heavy atom. The molecule has 2 aliphatic rings. The van der Waals surface area contributed by atoms with Gasteiger partial charge in [-0.15, -0.1) is 0 Å². The summed E-state index contributed by atoms with van der Waals surface area (Å²) < 4.78 is 8.32. The topological polar surface area (TPSA) is 88.5 Å². The van der Waals surface area contributed by atoms with Gasteiger partial charge < -0.3 is 24.8 Å². The van der Waals surface area contributed by atoms with E-state index in [4.69, 9.17) is 16.3 Å². The van der Waals surface area contributed by atoms with Crippen LogP contribution in [0.15, 0.2) is 36.7 Å². The Kier molecular flexibility index (Phi) is 4.99. The number of aromatic nitrogens is 2. The number of fused-ring (bicyclic) bond motifs is 2. The van der Waals surface area contributed by atoms with Crippen LogP contribution in [0.2, 0.25) is 5.02 Å². The maximum absolute atomic E-state index is 12.9. The van der Waals surface area contributed by atoms with Gasteiger partial charge in [0.05, 0.1) is 6.54 Å². The van der Waals surface area contributed by atoms with Crippen molar-refractivity contribution < 1.29 is 14.3 Å². The Bertz CT molecular complexity index is 874. The monoisotopic (exact) mass is 403 g/mol. The summed E-state index contributed by atoms with van der Waals surface area (Å²) in [6, 6.07) is 6.85. The van der Waals surface area contributed by atoms with Crippen LogP contribution in [-0.2, 0) is 21.7 Å². The highest BCUT2D eigenvalue weighted by molar-refractivity contribution is 6.30. The number of ether oxygens (including phenoxy) is 1. The van der Waals surface area contributed by atoms with E-state index in [0.29, 0.717) is 43.2 Å². The van der Waals surface area contributed by atoms with Gasteiger partial charge in [0, 0.05) is 56.1 Å². The molecule has 28 heavy (non-hydrogen) atoms. The zero-order valence-electron chi connectivity index (χ0n) is 15.5. The Balaban J connectivity index is 1.52. The first-order valence-electron chi connectivity index (χ1n) is 9.23. The van der Waals surface area contributed by atoms with E-state index in [1.54, 1.807) is 42.4 Å². The van der Waals surface area contributed by atoms with Crippen LogP contribution < -0.4 is 10.6 Å². The number of benzene rings is 1. The molecule has 0 radical (unpaired) electrons. The molecule has 148 valence electrons. The molecule has 4 rings (SSSR count). The number of carbonyl (C=O) groups excluding carboxylic acids is 2. The maximum Gasteiger partial charge on any atom is 0.317 e. The molecule has 2 N–H and O–H groups in total. The van der Waals surface area contributed by atoms with E-state index in [1.807, 2.05) is 10.8 Å². The van der Waals surface area contributed by atoms with Crippen molar-refractivity contribution in [3.8, 4) is 0 Å². The predicted octanol–water partition coefficient (Wildman–Crippen LogP) is 2.20. The van der Waals surface area contributed by atoms with E-state index >= 15 is 0 Å². The highest BCUT2D eigenvalue weighted by atomic mass is 35.5. The third kappa shape index (κ3) is 3.45. The van der Waals surface area contributed by atoms with E-state index in [9.17, 15) is 9.59 Å². The van der Waals surface area contributed by atoms with Crippen LogP contribution in [-0.4, -0.2) is 52.6 Å². The molecule has 3 amide bonds. The van der Waals surface area contributed by atoms with Gasteiger partial charge in [-0.1, -0.05) is 11.6 Å². The quantitative estimate of drug-likeness (QED) is 0.804. The fourth-order valence-electron chi connectivity index (χ4n) is 3.86. The van der Waals surface area contributed by atoms with E-state index < -0.39 is 11.7 Å². The minimum absolute atomic E-state index is 0.106. The Labute approximate surface area is 167 Å². The van der Waals surface area contributed by atoms with Gasteiger partial charge in [0.25, 0.3) is 5.91 Å². The lowest BCUT2D eigenvalue weighted by Gasteiger charge is -2.45. The number of rotatable bonds is 2. The standard InChI is InChI=1S/C19H22ClN5O3/c1-21-18(27)24-9-6-19(7-10-24)17-22-8-11-25(17)12-15(28-19)16(26)23-14-4-2-13(20)3-5-14/h2-5,8,11,15H,6-7,9-10,12H2,1H3,(H,21,27)(H,23,26). The number of piperidine rings is 1. The molecule has 0 bridgehead atoms. The summed E-state index contributed by atoms with van der Waals surface area (Å²) in [7, 11) is 1.62. The van der Waals surface area contributed by atoms with Crippen LogP contribution in [0.3, 0.4) is 0 Å². The zero-order valence-corrected chi connectivity index (χ0v) is 16.3. The highest BCUT2D eigenvalue weighted by Crippen LogP contribution is 2.40. The van der Waals surface area contributed by atoms with Gasteiger partial charge in [-0.3, -0.25) is 4.79 Å². The molecule has 0 saturated carbocycles. The number of hydrogen-bond donors (Lipinski definition) is 2. The van der Waals surface area contributed by atoms with Crippen LogP contribution in [0.5, 0.6) is 0 Å². The number of imidazole rings is 1. The molecule has 2 aromatic rings. The number of carbonyl (C=O) groups is 2. The number of likely N-dealkylation sites (tertiary alicyclic amines) is 1. The van der Waals surface area contributed by atoms with Crippen molar-refractivity contribution in [1.82, 2.24) is 19.8 Å². The highest BCUT2D eigenvalue weighted by Gasteiger charge is 2.47. The summed E-state index contributed by atoms with van der Waals surface area (Å²) in [6.45, 7) is 1.48. The fraction of sp³-hybridized carbons (Fsp3) is 0.421. The molecule has 8 nitrogen and oxygen atoms in total. The predicted molar refractivity (Wildman–Crippen MR) is 104 cm³/mol. The zero-order chi connectivity index (χ0) is 19.7. The number of amides is 3. The summed E-state index contributed by atoms with van der Waals surface area (Å²) in [4.78, 5) is 31.0. The molecule has 0 aliphatic carbocycles. The Morgan fingerprint density at radius 2 is 1.96 bits per heavy atom. The van der Waals surface area contributed by atoms with E-state index in [1.165, 1.54) is 0 Å². The Hall–Kier alpha value is -2.58. The molecule has 1 fully saturated rings. The maximum atomic E-state index is 12.9. The average molecular weight is 404 g/mol. The number of anilines is 1. The first-order chi connectivity index (χ1) is 13.5. The van der Waals surface area contributed by atoms with Crippen LogP contribution in [0.4, 0.5) is 10.5 Å². The van der Waals surface area contributed by atoms with Crippen LogP contribution >= 0.6 is 11.6 Å². The average Bonchev–Trinajstić information content (AvgIpc) is 3.19. The fourth-order valence-corrected chi connectivity index (χ4v) is 3.99. The summed E-state index contributed by atoms with van der Waals surface area (Å²) in [5, 5.41) is 6.15. The molecule has 1 unspecified atom stereocenters. The normalized spacial score (nSPS) is 20.5. The minimum Gasteiger partial charge on any atom is -0.352 e. The van der Waals surface area contributed by atoms with Crippen molar-refractivity contribution in [2.24, 2.45) is 0 Å². The molecule has 1 atom stereocenters. The molecule has 1 spiro atoms. The van der Waals surface area contributed by atoms with Crippen LogP contribution in [0, 0.1) is 0 Å². The van der Waals surface area contributed by atoms with E-state index in [0.717, 1.165) is 5.82 Å². The second-order valence-corrected chi connectivity index (χ2v) is 7.48. The van der Waals surface area contributed by atoms with Crippen molar-refractivity contribution in [3.05, 3.63) is 47.5 Å². The smallest absolute Gasteiger partial charge is 0.317 e. The third-order valence-corrected chi connectivity index (χ3v) is 5.58. The van der Waals surface area contributed by atoms with Gasteiger partial charge in [0.2, 0.25) is 0 Å². The second kappa shape index (κ2) is 7.44. The van der Waals surface area contributed by atoms with Crippen molar-refractivity contribution in [2.75, 3.05) is 25.5 Å². The summed E-state index contributed by atoms with van der Waals surface area (Å²) in [5.74, 6) is 0.606. The minimum atomic E-state index is -0.672. The molecular weight excluding hydrogens is 382 g/mol. The summed E-state index contributed by atoms with van der Waals surface area (Å²) in [6.07, 6.45) is 4.12. The van der Waals surface area contributed by atoms with Crippen molar-refractivity contribution in [2.45, 2.75) is 31.1 Å². The first kappa shape index (κ1) is 18.8. The van der Waals surface area contributed by atoms with Gasteiger partial charge in [-0.05, 0) is 24.3 Å². The van der Waals surface area contributed by atoms with Crippen molar-refractivity contribution in [1.29, 1.82) is 0 Å². The van der Waals surface area contributed by atoms with Crippen molar-refractivity contribution in [3.63, 3.8) is 0 Å². The van der Waals surface area contributed by atoms with Gasteiger partial charge in [0.1, 0.15) is 11.4 Å². The van der Waals surface area contributed by atoms with Gasteiger partial charge >= 0.3 is 6.03 Å². The van der Waals surface area contributed by atoms with E-state index in [-0.39, 0.29) is 11.9 Å². The van der Waals surface area contributed by atoms with E-state index in [2.05, 4.69) is 15.6 Å². The molecule has 1 saturated heterocycles. The van der Waals surface area contributed by atoms with Crippen LogP contribution in [0.25, 0.3) is 0 Å². The lowest BCUT2D eigenvalue weighted by Crippen LogP contribution is -2.54. The molecule has 3 heterocycles.